The van der Waals surface area contributed by atoms with Gasteiger partial charge < -0.3 is 15.0 Å². The van der Waals surface area contributed by atoms with Crippen molar-refractivity contribution in [1.82, 2.24) is 5.32 Å². The van der Waals surface area contributed by atoms with Gasteiger partial charge in [-0.25, -0.2) is 4.79 Å². The van der Waals surface area contributed by atoms with Crippen molar-refractivity contribution in [2.75, 3.05) is 18.6 Å². The molecular weight excluding hydrogens is 364 g/mol. The lowest BCUT2D eigenvalue weighted by atomic mass is 10.1. The van der Waals surface area contributed by atoms with Crippen LogP contribution in [0.5, 0.6) is 0 Å². The zero-order chi connectivity index (χ0) is 19.2. The number of halogens is 1. The van der Waals surface area contributed by atoms with Gasteiger partial charge in [-0.3, -0.25) is 4.79 Å². The molecule has 0 bridgehead atoms. The molecular formula is C21H23ClN2O3. The van der Waals surface area contributed by atoms with E-state index in [0.717, 1.165) is 30.6 Å². The normalized spacial score (nSPS) is 17.4. The smallest absolute Gasteiger partial charge is 0.328 e. The van der Waals surface area contributed by atoms with Crippen LogP contribution < -0.4 is 10.2 Å². The molecule has 1 aliphatic heterocycles. The second-order valence-electron chi connectivity index (χ2n) is 6.60. The highest BCUT2D eigenvalue weighted by molar-refractivity contribution is 6.30. The largest absolute Gasteiger partial charge is 0.467 e. The maximum absolute atomic E-state index is 12.9. The number of nitrogens with one attached hydrogen (secondary N) is 1. The Morgan fingerprint density at radius 1 is 1.19 bits per heavy atom. The molecule has 142 valence electrons. The standard InChI is InChI=1S/C21H23ClN2O3/c1-27-21(26)18(14-15-6-3-2-4-7-15)23-20(25)19-8-5-13-24(19)17-11-9-16(22)10-12-17/h2-4,6-7,9-12,18-19H,5,8,13-14H2,1H3,(H,23,25)/t18-,19+/m0/s1. The molecule has 0 radical (unpaired) electrons. The van der Waals surface area contributed by atoms with Gasteiger partial charge in [0.2, 0.25) is 5.91 Å². The molecule has 0 aliphatic carbocycles. The van der Waals surface area contributed by atoms with Crippen molar-refractivity contribution in [2.45, 2.75) is 31.3 Å². The summed E-state index contributed by atoms with van der Waals surface area (Å²) < 4.78 is 4.89. The van der Waals surface area contributed by atoms with Gasteiger partial charge in [0.25, 0.3) is 0 Å². The van der Waals surface area contributed by atoms with E-state index in [1.807, 2.05) is 54.6 Å². The molecule has 2 aromatic carbocycles. The van der Waals surface area contributed by atoms with Gasteiger partial charge in [0, 0.05) is 23.7 Å². The van der Waals surface area contributed by atoms with Gasteiger partial charge in [0.05, 0.1) is 7.11 Å². The SMILES string of the molecule is COC(=O)[C@H](Cc1ccccc1)NC(=O)[C@H]1CCCN1c1ccc(Cl)cc1. The number of ether oxygens (including phenoxy) is 1. The molecule has 0 unspecified atom stereocenters. The Morgan fingerprint density at radius 2 is 1.89 bits per heavy atom. The molecule has 2 aromatic rings. The average Bonchev–Trinajstić information content (AvgIpc) is 3.18. The van der Waals surface area contributed by atoms with E-state index < -0.39 is 12.0 Å². The van der Waals surface area contributed by atoms with Gasteiger partial charge in [0.15, 0.2) is 0 Å². The number of hydrogen-bond donors (Lipinski definition) is 1. The lowest BCUT2D eigenvalue weighted by molar-refractivity contribution is -0.145. The Labute approximate surface area is 164 Å². The summed E-state index contributed by atoms with van der Waals surface area (Å²) in [4.78, 5) is 27.2. The molecule has 0 saturated carbocycles. The summed E-state index contributed by atoms with van der Waals surface area (Å²) in [5, 5.41) is 3.55. The van der Waals surface area contributed by atoms with Gasteiger partial charge in [0.1, 0.15) is 12.1 Å². The molecule has 6 heteroatoms. The number of nitrogens with zero attached hydrogens (tertiary/aromatic N) is 1. The van der Waals surface area contributed by atoms with Gasteiger partial charge in [-0.15, -0.1) is 0 Å². The lowest BCUT2D eigenvalue weighted by Crippen LogP contribution is -2.50. The maximum Gasteiger partial charge on any atom is 0.328 e. The highest BCUT2D eigenvalue weighted by Gasteiger charge is 2.33. The van der Waals surface area contributed by atoms with Crippen molar-refractivity contribution >= 4 is 29.2 Å². The van der Waals surface area contributed by atoms with Crippen LogP contribution in [0.1, 0.15) is 18.4 Å². The van der Waals surface area contributed by atoms with E-state index in [4.69, 9.17) is 16.3 Å². The summed E-state index contributed by atoms with van der Waals surface area (Å²) in [6.07, 6.45) is 2.06. The fourth-order valence-electron chi connectivity index (χ4n) is 3.43. The number of methoxy groups -OCH3 is 1. The lowest BCUT2D eigenvalue weighted by Gasteiger charge is -2.27. The van der Waals surface area contributed by atoms with Crippen molar-refractivity contribution in [3.05, 3.63) is 65.2 Å². The molecule has 27 heavy (non-hydrogen) atoms. The van der Waals surface area contributed by atoms with Crippen LogP contribution in [0.2, 0.25) is 5.02 Å². The van der Waals surface area contributed by atoms with Gasteiger partial charge in [-0.05, 0) is 42.7 Å². The summed E-state index contributed by atoms with van der Waals surface area (Å²) in [6.45, 7) is 0.793. The molecule has 1 N–H and O–H groups in total. The van der Waals surface area contributed by atoms with Gasteiger partial charge >= 0.3 is 5.97 Å². The first kappa shape index (κ1) is 19.2. The summed E-state index contributed by atoms with van der Waals surface area (Å²) in [5.41, 5.74) is 1.92. The average molecular weight is 387 g/mol. The molecule has 5 nitrogen and oxygen atoms in total. The minimum Gasteiger partial charge on any atom is -0.467 e. The Balaban J connectivity index is 1.72. The van der Waals surface area contributed by atoms with Crippen molar-refractivity contribution < 1.29 is 14.3 Å². The minimum atomic E-state index is -0.711. The number of hydrogen-bond acceptors (Lipinski definition) is 4. The quantitative estimate of drug-likeness (QED) is 0.774. The fraction of sp³-hybridized carbons (Fsp3) is 0.333. The predicted octanol–water partition coefficient (Wildman–Crippen LogP) is 3.21. The highest BCUT2D eigenvalue weighted by atomic mass is 35.5. The van der Waals surface area contributed by atoms with Crippen LogP contribution in [0, 0.1) is 0 Å². The first-order valence-electron chi connectivity index (χ1n) is 9.03. The number of anilines is 1. The number of amides is 1. The predicted molar refractivity (Wildman–Crippen MR) is 106 cm³/mol. The number of esters is 1. The van der Waals surface area contributed by atoms with Crippen LogP contribution in [-0.4, -0.2) is 37.6 Å². The number of rotatable bonds is 6. The first-order valence-corrected chi connectivity index (χ1v) is 9.40. The molecule has 1 heterocycles. The van der Waals surface area contributed by atoms with Crippen molar-refractivity contribution in [1.29, 1.82) is 0 Å². The van der Waals surface area contributed by atoms with E-state index in [1.54, 1.807) is 0 Å². The first-order chi connectivity index (χ1) is 13.1. The molecule has 0 aromatic heterocycles. The van der Waals surface area contributed by atoms with E-state index >= 15 is 0 Å². The molecule has 1 saturated heterocycles. The third-order valence-electron chi connectivity index (χ3n) is 4.80. The van der Waals surface area contributed by atoms with Gasteiger partial charge in [-0.2, -0.15) is 0 Å². The van der Waals surface area contributed by atoms with Crippen molar-refractivity contribution in [2.24, 2.45) is 0 Å². The maximum atomic E-state index is 12.9. The third kappa shape index (κ3) is 4.80. The molecule has 1 amide bonds. The third-order valence-corrected chi connectivity index (χ3v) is 5.05. The highest BCUT2D eigenvalue weighted by Crippen LogP contribution is 2.27. The van der Waals surface area contributed by atoms with E-state index in [-0.39, 0.29) is 11.9 Å². The van der Waals surface area contributed by atoms with Crippen molar-refractivity contribution in [3.63, 3.8) is 0 Å². The zero-order valence-corrected chi connectivity index (χ0v) is 16.0. The van der Waals surface area contributed by atoms with E-state index in [1.165, 1.54) is 7.11 Å². The molecule has 3 rings (SSSR count). The zero-order valence-electron chi connectivity index (χ0n) is 15.2. The fourth-order valence-corrected chi connectivity index (χ4v) is 3.56. The van der Waals surface area contributed by atoms with E-state index in [2.05, 4.69) is 10.2 Å². The number of carbonyl (C=O) groups excluding carboxylic acids is 2. The second kappa shape index (κ2) is 8.91. The Hall–Kier alpha value is -2.53. The Morgan fingerprint density at radius 3 is 2.56 bits per heavy atom. The number of benzene rings is 2. The summed E-state index contributed by atoms with van der Waals surface area (Å²) in [6, 6.07) is 16.0. The minimum absolute atomic E-state index is 0.159. The van der Waals surface area contributed by atoms with Crippen LogP contribution in [0.15, 0.2) is 54.6 Å². The van der Waals surface area contributed by atoms with Crippen molar-refractivity contribution in [3.8, 4) is 0 Å². The number of carbonyl (C=O) groups is 2. The van der Waals surface area contributed by atoms with Crippen LogP contribution in [0.25, 0.3) is 0 Å². The van der Waals surface area contributed by atoms with E-state index in [9.17, 15) is 9.59 Å². The molecule has 1 aliphatic rings. The molecule has 0 spiro atoms. The monoisotopic (exact) mass is 386 g/mol. The van der Waals surface area contributed by atoms with Gasteiger partial charge in [-0.1, -0.05) is 41.9 Å². The summed E-state index contributed by atoms with van der Waals surface area (Å²) in [5.74, 6) is -0.600. The summed E-state index contributed by atoms with van der Waals surface area (Å²) in [7, 11) is 1.34. The van der Waals surface area contributed by atoms with Crippen LogP contribution in [-0.2, 0) is 20.7 Å². The Kier molecular flexibility index (Phi) is 6.35. The molecule has 1 fully saturated rings. The van der Waals surface area contributed by atoms with Crippen LogP contribution >= 0.6 is 11.6 Å². The van der Waals surface area contributed by atoms with Crippen LogP contribution in [0.4, 0.5) is 5.69 Å². The topological polar surface area (TPSA) is 58.6 Å². The van der Waals surface area contributed by atoms with Crippen LogP contribution in [0.3, 0.4) is 0 Å². The Bertz CT molecular complexity index is 780. The van der Waals surface area contributed by atoms with E-state index in [0.29, 0.717) is 11.4 Å². The summed E-state index contributed by atoms with van der Waals surface area (Å²) >= 11 is 5.96. The second-order valence-corrected chi connectivity index (χ2v) is 7.04. The molecule has 2 atom stereocenters.